The zero-order valence-electron chi connectivity index (χ0n) is 11.9. The summed E-state index contributed by atoms with van der Waals surface area (Å²) in [6.45, 7) is 0. The Hall–Kier alpha value is -2.38. The van der Waals surface area contributed by atoms with E-state index in [-0.39, 0.29) is 6.04 Å². The molecule has 21 heavy (non-hydrogen) atoms. The van der Waals surface area contributed by atoms with Crippen LogP contribution in [0, 0.1) is 0 Å². The van der Waals surface area contributed by atoms with Crippen LogP contribution in [0.3, 0.4) is 0 Å². The van der Waals surface area contributed by atoms with Crippen molar-refractivity contribution in [2.75, 3.05) is 0 Å². The number of benzene rings is 3. The lowest BCUT2D eigenvalue weighted by Crippen LogP contribution is -2.13. The zero-order valence-corrected chi connectivity index (χ0v) is 11.9. The van der Waals surface area contributed by atoms with Gasteiger partial charge >= 0.3 is 0 Å². The van der Waals surface area contributed by atoms with Crippen molar-refractivity contribution in [3.63, 3.8) is 0 Å². The zero-order chi connectivity index (χ0) is 14.5. The Bertz CT molecular complexity index is 689. The SMILES string of the molecule is NC(Cc1cccc(-c2ccccc2)c1)c1ccccc1. The van der Waals surface area contributed by atoms with E-state index in [0.29, 0.717) is 0 Å². The summed E-state index contributed by atoms with van der Waals surface area (Å²) in [7, 11) is 0. The molecule has 104 valence electrons. The summed E-state index contributed by atoms with van der Waals surface area (Å²) in [6.07, 6.45) is 0.852. The van der Waals surface area contributed by atoms with Gasteiger partial charge < -0.3 is 5.73 Å². The van der Waals surface area contributed by atoms with Crippen LogP contribution < -0.4 is 5.73 Å². The summed E-state index contributed by atoms with van der Waals surface area (Å²) in [5, 5.41) is 0. The van der Waals surface area contributed by atoms with Crippen molar-refractivity contribution in [2.45, 2.75) is 12.5 Å². The first kappa shape index (κ1) is 13.6. The van der Waals surface area contributed by atoms with E-state index in [1.54, 1.807) is 0 Å². The number of rotatable bonds is 4. The van der Waals surface area contributed by atoms with Gasteiger partial charge in [-0.1, -0.05) is 84.9 Å². The van der Waals surface area contributed by atoms with Gasteiger partial charge in [-0.25, -0.2) is 0 Å². The normalized spacial score (nSPS) is 12.0. The van der Waals surface area contributed by atoms with Crippen molar-refractivity contribution in [2.24, 2.45) is 5.73 Å². The highest BCUT2D eigenvalue weighted by atomic mass is 14.6. The molecule has 0 heterocycles. The maximum atomic E-state index is 6.32. The number of hydrogen-bond acceptors (Lipinski definition) is 1. The van der Waals surface area contributed by atoms with Gasteiger partial charge in [-0.2, -0.15) is 0 Å². The first-order valence-corrected chi connectivity index (χ1v) is 7.28. The van der Waals surface area contributed by atoms with Crippen LogP contribution in [-0.4, -0.2) is 0 Å². The second-order valence-electron chi connectivity index (χ2n) is 5.29. The Labute approximate surface area is 126 Å². The first-order chi connectivity index (χ1) is 10.3. The molecule has 2 N–H and O–H groups in total. The highest BCUT2D eigenvalue weighted by Gasteiger charge is 2.07. The van der Waals surface area contributed by atoms with Crippen molar-refractivity contribution in [3.05, 3.63) is 96.1 Å². The molecule has 0 radical (unpaired) electrons. The van der Waals surface area contributed by atoms with Crippen molar-refractivity contribution >= 4 is 0 Å². The molecule has 0 aliphatic carbocycles. The third kappa shape index (κ3) is 3.39. The Balaban J connectivity index is 1.81. The molecule has 1 atom stereocenters. The summed E-state index contributed by atoms with van der Waals surface area (Å²) in [5.74, 6) is 0. The van der Waals surface area contributed by atoms with Crippen LogP contribution in [0.25, 0.3) is 11.1 Å². The summed E-state index contributed by atoms with van der Waals surface area (Å²) < 4.78 is 0. The first-order valence-electron chi connectivity index (χ1n) is 7.28. The molecule has 3 rings (SSSR count). The molecule has 1 heteroatoms. The van der Waals surface area contributed by atoms with E-state index in [1.807, 2.05) is 24.3 Å². The van der Waals surface area contributed by atoms with Crippen LogP contribution in [0.15, 0.2) is 84.9 Å². The van der Waals surface area contributed by atoms with Crippen LogP contribution in [0.5, 0.6) is 0 Å². The summed E-state index contributed by atoms with van der Waals surface area (Å²) in [5.41, 5.74) is 11.3. The predicted octanol–water partition coefficient (Wildman–Crippen LogP) is 4.60. The molecule has 0 fully saturated rings. The van der Waals surface area contributed by atoms with E-state index in [1.165, 1.54) is 22.3 Å². The second-order valence-corrected chi connectivity index (χ2v) is 5.29. The van der Waals surface area contributed by atoms with Gasteiger partial charge in [-0.15, -0.1) is 0 Å². The van der Waals surface area contributed by atoms with E-state index in [9.17, 15) is 0 Å². The highest BCUT2D eigenvalue weighted by molar-refractivity contribution is 5.64. The molecule has 0 bridgehead atoms. The van der Waals surface area contributed by atoms with Crippen LogP contribution in [0.1, 0.15) is 17.2 Å². The lowest BCUT2D eigenvalue weighted by Gasteiger charge is -2.13. The minimum Gasteiger partial charge on any atom is -0.324 e. The van der Waals surface area contributed by atoms with Gasteiger partial charge in [0.15, 0.2) is 0 Å². The van der Waals surface area contributed by atoms with Gasteiger partial charge in [0.05, 0.1) is 0 Å². The molecule has 0 aromatic heterocycles. The molecule has 1 unspecified atom stereocenters. The van der Waals surface area contributed by atoms with E-state index < -0.39 is 0 Å². The third-order valence-electron chi connectivity index (χ3n) is 3.72. The van der Waals surface area contributed by atoms with E-state index >= 15 is 0 Å². The van der Waals surface area contributed by atoms with Gasteiger partial charge in [0.2, 0.25) is 0 Å². The van der Waals surface area contributed by atoms with Gasteiger partial charge in [-0.05, 0) is 28.7 Å². The van der Waals surface area contributed by atoms with Crippen molar-refractivity contribution in [1.82, 2.24) is 0 Å². The van der Waals surface area contributed by atoms with E-state index in [0.717, 1.165) is 6.42 Å². The quantitative estimate of drug-likeness (QED) is 0.739. The summed E-state index contributed by atoms with van der Waals surface area (Å²) >= 11 is 0. The molecular weight excluding hydrogens is 254 g/mol. The fourth-order valence-electron chi connectivity index (χ4n) is 2.58. The Morgan fingerprint density at radius 2 is 1.29 bits per heavy atom. The van der Waals surface area contributed by atoms with Crippen LogP contribution in [-0.2, 0) is 6.42 Å². The summed E-state index contributed by atoms with van der Waals surface area (Å²) in [6, 6.07) is 29.4. The fraction of sp³-hybridized carbons (Fsp3) is 0.100. The largest absolute Gasteiger partial charge is 0.324 e. The van der Waals surface area contributed by atoms with Crippen molar-refractivity contribution in [3.8, 4) is 11.1 Å². The molecule has 0 amide bonds. The molecule has 0 aliphatic heterocycles. The van der Waals surface area contributed by atoms with Crippen molar-refractivity contribution in [1.29, 1.82) is 0 Å². The standard InChI is InChI=1S/C20H19N/c21-20(18-11-5-2-6-12-18)15-16-8-7-13-19(14-16)17-9-3-1-4-10-17/h1-14,20H,15,21H2. The third-order valence-corrected chi connectivity index (χ3v) is 3.72. The minimum atomic E-state index is 0.0391. The fourth-order valence-corrected chi connectivity index (χ4v) is 2.58. The minimum absolute atomic E-state index is 0.0391. The summed E-state index contributed by atoms with van der Waals surface area (Å²) in [4.78, 5) is 0. The predicted molar refractivity (Wildman–Crippen MR) is 89.0 cm³/mol. The van der Waals surface area contributed by atoms with E-state index in [2.05, 4.69) is 60.7 Å². The number of hydrogen-bond donors (Lipinski definition) is 1. The van der Waals surface area contributed by atoms with Gasteiger partial charge in [0.1, 0.15) is 0 Å². The van der Waals surface area contributed by atoms with Crippen LogP contribution in [0.4, 0.5) is 0 Å². The molecule has 0 aliphatic rings. The lowest BCUT2D eigenvalue weighted by molar-refractivity contribution is 0.722. The Morgan fingerprint density at radius 1 is 0.667 bits per heavy atom. The maximum Gasteiger partial charge on any atom is 0.0335 e. The number of nitrogens with two attached hydrogens (primary N) is 1. The average molecular weight is 273 g/mol. The van der Waals surface area contributed by atoms with Crippen molar-refractivity contribution < 1.29 is 0 Å². The maximum absolute atomic E-state index is 6.32. The monoisotopic (exact) mass is 273 g/mol. The average Bonchev–Trinajstić information content (AvgIpc) is 2.57. The molecular formula is C20H19N. The van der Waals surface area contributed by atoms with E-state index in [4.69, 9.17) is 5.73 Å². The van der Waals surface area contributed by atoms with Crippen LogP contribution >= 0.6 is 0 Å². The molecule has 0 saturated heterocycles. The topological polar surface area (TPSA) is 26.0 Å². The molecule has 0 saturated carbocycles. The smallest absolute Gasteiger partial charge is 0.0335 e. The van der Waals surface area contributed by atoms with Gasteiger partial charge in [0.25, 0.3) is 0 Å². The second kappa shape index (κ2) is 6.38. The molecule has 0 spiro atoms. The lowest BCUT2D eigenvalue weighted by atomic mass is 9.96. The Kier molecular flexibility index (Phi) is 4.13. The molecule has 3 aromatic carbocycles. The van der Waals surface area contributed by atoms with Gasteiger partial charge in [-0.3, -0.25) is 0 Å². The Morgan fingerprint density at radius 3 is 2.00 bits per heavy atom. The molecule has 1 nitrogen and oxygen atoms in total. The highest BCUT2D eigenvalue weighted by Crippen LogP contribution is 2.22. The molecule has 3 aromatic rings. The van der Waals surface area contributed by atoms with Crippen LogP contribution in [0.2, 0.25) is 0 Å². The van der Waals surface area contributed by atoms with Gasteiger partial charge in [0, 0.05) is 6.04 Å².